The van der Waals surface area contributed by atoms with Crippen molar-refractivity contribution >= 4 is 11.7 Å². The van der Waals surface area contributed by atoms with Gasteiger partial charge in [-0.05, 0) is 54.4 Å². The molecular weight excluding hydrogens is 321 g/mol. The highest BCUT2D eigenvalue weighted by molar-refractivity contribution is 5.75. The van der Waals surface area contributed by atoms with Gasteiger partial charge in [-0.2, -0.15) is 0 Å². The van der Waals surface area contributed by atoms with E-state index in [4.69, 9.17) is 17.2 Å². The number of hydrogen-bond donors (Lipinski definition) is 4. The summed E-state index contributed by atoms with van der Waals surface area (Å²) >= 11 is 0. The zero-order valence-corrected chi connectivity index (χ0v) is 14.0. The van der Waals surface area contributed by atoms with E-state index in [1.807, 2.05) is 0 Å². The molecule has 0 heterocycles. The molecule has 0 saturated carbocycles. The van der Waals surface area contributed by atoms with Crippen LogP contribution in [0.5, 0.6) is 0 Å². The van der Waals surface area contributed by atoms with Crippen LogP contribution >= 0.6 is 0 Å². The maximum atomic E-state index is 13.2. The Labute approximate surface area is 146 Å². The molecule has 1 rings (SSSR count). The Morgan fingerprint density at radius 2 is 1.88 bits per heavy atom. The maximum Gasteiger partial charge on any atom is 0.316 e. The van der Waals surface area contributed by atoms with Crippen LogP contribution in [-0.2, 0) is 0 Å². The third-order valence-corrected chi connectivity index (χ3v) is 3.20. The first-order valence-corrected chi connectivity index (χ1v) is 7.27. The fraction of sp³-hybridized carbons (Fsp3) is 0.0556. The highest BCUT2D eigenvalue weighted by Gasteiger charge is 2.14. The average Bonchev–Trinajstić information content (AvgIpc) is 2.54. The molecule has 1 aromatic rings. The number of rotatable bonds is 7. The van der Waals surface area contributed by atoms with Crippen molar-refractivity contribution < 1.29 is 9.18 Å². The van der Waals surface area contributed by atoms with Gasteiger partial charge in [-0.25, -0.2) is 9.18 Å². The van der Waals surface area contributed by atoms with Gasteiger partial charge in [0, 0.05) is 18.3 Å². The highest BCUT2D eigenvalue weighted by Crippen LogP contribution is 2.24. The molecule has 0 spiro atoms. The van der Waals surface area contributed by atoms with Gasteiger partial charge in [0.1, 0.15) is 5.82 Å². The van der Waals surface area contributed by atoms with Gasteiger partial charge < -0.3 is 27.4 Å². The number of benzene rings is 1. The standard InChI is InChI=1S/C18H22FN5O/c1-4-24(3)17(16(21)13-5-7-15(19)8-6-13)14(9-10-20)11-12(2)23-18(22)25/h4-11H,1-2,20-21H2,3H3,(H3,22,23,25)/b10-9-,14-11+,17-16-. The van der Waals surface area contributed by atoms with Crippen LogP contribution in [0.4, 0.5) is 9.18 Å². The number of nitrogens with one attached hydrogen (secondary N) is 1. The Morgan fingerprint density at radius 1 is 1.28 bits per heavy atom. The summed E-state index contributed by atoms with van der Waals surface area (Å²) in [5.74, 6) is -0.369. The summed E-state index contributed by atoms with van der Waals surface area (Å²) in [7, 11) is 1.74. The molecule has 0 atom stereocenters. The summed E-state index contributed by atoms with van der Waals surface area (Å²) in [5, 5.41) is 2.37. The fourth-order valence-electron chi connectivity index (χ4n) is 2.09. The van der Waals surface area contributed by atoms with Crippen LogP contribution in [0.25, 0.3) is 5.70 Å². The predicted molar refractivity (Wildman–Crippen MR) is 98.7 cm³/mol. The minimum absolute atomic E-state index is 0.252. The molecule has 2 amide bonds. The van der Waals surface area contributed by atoms with Gasteiger partial charge in [-0.15, -0.1) is 0 Å². The SMILES string of the molecule is C=CN(C)C(=C(\N)c1ccc(F)cc1)/C(/C=C\N)=C/C(=C)NC(N)=O. The molecule has 0 bridgehead atoms. The van der Waals surface area contributed by atoms with Gasteiger partial charge in [0.2, 0.25) is 0 Å². The molecule has 6 nitrogen and oxygen atoms in total. The quantitative estimate of drug-likeness (QED) is 0.568. The number of likely N-dealkylation sites (N-methyl/N-ethyl adjacent to an activating group) is 1. The largest absolute Gasteiger partial charge is 0.405 e. The zero-order valence-electron chi connectivity index (χ0n) is 14.0. The normalized spacial score (nSPS) is 12.5. The van der Waals surface area contributed by atoms with E-state index >= 15 is 0 Å². The summed E-state index contributed by atoms with van der Waals surface area (Å²) in [4.78, 5) is 12.6. The number of allylic oxidation sites excluding steroid dienone is 2. The van der Waals surface area contributed by atoms with E-state index in [2.05, 4.69) is 18.5 Å². The summed E-state index contributed by atoms with van der Waals surface area (Å²) < 4.78 is 13.2. The third kappa shape index (κ3) is 5.58. The van der Waals surface area contributed by atoms with Crippen molar-refractivity contribution in [2.75, 3.05) is 7.05 Å². The number of amides is 2. The molecule has 0 radical (unpaired) electrons. The Balaban J connectivity index is 3.52. The number of carbonyl (C=O) groups excluding carboxylic acids is 1. The van der Waals surface area contributed by atoms with E-state index in [1.165, 1.54) is 18.3 Å². The number of primary amides is 1. The minimum atomic E-state index is -0.744. The van der Waals surface area contributed by atoms with E-state index in [9.17, 15) is 9.18 Å². The summed E-state index contributed by atoms with van der Waals surface area (Å²) in [6.07, 6.45) is 6.01. The molecule has 0 fully saturated rings. The monoisotopic (exact) mass is 343 g/mol. The van der Waals surface area contributed by atoms with Gasteiger partial charge in [0.25, 0.3) is 0 Å². The summed E-state index contributed by atoms with van der Waals surface area (Å²) in [5.41, 5.74) is 19.2. The van der Waals surface area contributed by atoms with Crippen LogP contribution in [0, 0.1) is 5.82 Å². The van der Waals surface area contributed by atoms with Gasteiger partial charge in [0.15, 0.2) is 0 Å². The second-order valence-electron chi connectivity index (χ2n) is 5.04. The van der Waals surface area contributed by atoms with Gasteiger partial charge in [-0.3, -0.25) is 0 Å². The Hall–Kier alpha value is -3.48. The van der Waals surface area contributed by atoms with Crippen LogP contribution < -0.4 is 22.5 Å². The Bertz CT molecular complexity index is 747. The highest BCUT2D eigenvalue weighted by atomic mass is 19.1. The molecule has 132 valence electrons. The zero-order chi connectivity index (χ0) is 19.0. The van der Waals surface area contributed by atoms with Crippen molar-refractivity contribution in [3.63, 3.8) is 0 Å². The van der Waals surface area contributed by atoms with E-state index in [0.29, 0.717) is 22.5 Å². The molecule has 7 heteroatoms. The maximum absolute atomic E-state index is 13.2. The van der Waals surface area contributed by atoms with E-state index in [1.54, 1.807) is 42.4 Å². The first kappa shape index (κ1) is 19.6. The molecule has 25 heavy (non-hydrogen) atoms. The number of carbonyl (C=O) groups is 1. The van der Waals surface area contributed by atoms with Crippen LogP contribution in [0.3, 0.4) is 0 Å². The molecule has 0 aliphatic rings. The van der Waals surface area contributed by atoms with Crippen molar-refractivity contribution in [2.24, 2.45) is 17.2 Å². The fourth-order valence-corrected chi connectivity index (χ4v) is 2.09. The Kier molecular flexibility index (Phi) is 7.02. The summed E-state index contributed by atoms with van der Waals surface area (Å²) in [6, 6.07) is 4.99. The van der Waals surface area contributed by atoms with Crippen molar-refractivity contribution in [1.82, 2.24) is 10.2 Å². The second kappa shape index (κ2) is 8.97. The van der Waals surface area contributed by atoms with E-state index < -0.39 is 6.03 Å². The Morgan fingerprint density at radius 3 is 2.36 bits per heavy atom. The first-order valence-electron chi connectivity index (χ1n) is 7.27. The molecule has 0 aliphatic heterocycles. The van der Waals surface area contributed by atoms with Crippen molar-refractivity contribution in [2.45, 2.75) is 0 Å². The lowest BCUT2D eigenvalue weighted by molar-refractivity contribution is 0.251. The molecule has 1 aromatic carbocycles. The van der Waals surface area contributed by atoms with Crippen LogP contribution in [0.15, 0.2) is 78.9 Å². The summed E-state index contributed by atoms with van der Waals surface area (Å²) in [6.45, 7) is 7.43. The molecule has 0 saturated heterocycles. The van der Waals surface area contributed by atoms with Gasteiger partial charge in [0.05, 0.1) is 11.4 Å². The van der Waals surface area contributed by atoms with Crippen molar-refractivity contribution in [3.05, 3.63) is 90.3 Å². The van der Waals surface area contributed by atoms with Crippen LogP contribution in [0.2, 0.25) is 0 Å². The topological polar surface area (TPSA) is 110 Å². The number of nitrogens with zero attached hydrogens (tertiary/aromatic N) is 1. The van der Waals surface area contributed by atoms with Gasteiger partial charge in [-0.1, -0.05) is 13.2 Å². The van der Waals surface area contributed by atoms with Crippen LogP contribution in [0.1, 0.15) is 5.56 Å². The smallest absolute Gasteiger partial charge is 0.316 e. The van der Waals surface area contributed by atoms with E-state index in [-0.39, 0.29) is 11.5 Å². The lowest BCUT2D eigenvalue weighted by Gasteiger charge is -2.22. The van der Waals surface area contributed by atoms with Crippen molar-refractivity contribution in [3.8, 4) is 0 Å². The second-order valence-corrected chi connectivity index (χ2v) is 5.04. The average molecular weight is 343 g/mol. The van der Waals surface area contributed by atoms with Gasteiger partial charge >= 0.3 is 6.03 Å². The minimum Gasteiger partial charge on any atom is -0.405 e. The molecule has 0 aliphatic carbocycles. The predicted octanol–water partition coefficient (Wildman–Crippen LogP) is 2.11. The van der Waals surface area contributed by atoms with E-state index in [0.717, 1.165) is 0 Å². The first-order chi connectivity index (χ1) is 11.8. The number of nitrogens with two attached hydrogens (primary N) is 3. The molecule has 7 N–H and O–H groups in total. The molecule has 0 aromatic heterocycles. The number of hydrogen-bond acceptors (Lipinski definition) is 4. The third-order valence-electron chi connectivity index (χ3n) is 3.20. The molecule has 0 unspecified atom stereocenters. The van der Waals surface area contributed by atoms with Crippen molar-refractivity contribution in [1.29, 1.82) is 0 Å². The number of urea groups is 1. The molecular formula is C18H22FN5O. The lowest BCUT2D eigenvalue weighted by Crippen LogP contribution is -2.27. The van der Waals surface area contributed by atoms with Crippen LogP contribution in [-0.4, -0.2) is 18.0 Å². The lowest BCUT2D eigenvalue weighted by atomic mass is 10.0. The number of halogens is 1.